The number of rotatable bonds is 0. The quantitative estimate of drug-likeness (QED) is 0.375. The Morgan fingerprint density at radius 2 is 1.00 bits per heavy atom. The first-order chi connectivity index (χ1) is 5.95. The van der Waals surface area contributed by atoms with Gasteiger partial charge in [-0.15, -0.1) is 0 Å². The van der Waals surface area contributed by atoms with Gasteiger partial charge < -0.3 is 4.42 Å². The molecule has 6 heteroatoms. The molecule has 0 bridgehead atoms. The zero-order valence-electron chi connectivity index (χ0n) is 5.45. The fourth-order valence-electron chi connectivity index (χ4n) is 1.23. The molecule has 0 spiro atoms. The van der Waals surface area contributed by atoms with E-state index in [4.69, 9.17) is 4.42 Å². The van der Waals surface area contributed by atoms with Crippen LogP contribution in [0.1, 0.15) is 0 Å². The monoisotopic (exact) mass is 168 g/mol. The molecule has 3 aromatic heterocycles. The molecule has 0 aliphatic carbocycles. The van der Waals surface area contributed by atoms with E-state index in [0.29, 0.717) is 33.5 Å². The highest BCUT2D eigenvalue weighted by molar-refractivity contribution is 6.17. The molecule has 0 amide bonds. The van der Waals surface area contributed by atoms with Crippen molar-refractivity contribution in [3.05, 3.63) is 0 Å². The molecule has 3 heterocycles. The molecular formula is C6O6. The van der Waals surface area contributed by atoms with Crippen LogP contribution in [-0.4, -0.2) is 0 Å². The normalized spacial score (nSPS) is 13.0. The second kappa shape index (κ2) is 1.20. The van der Waals surface area contributed by atoms with Crippen molar-refractivity contribution in [1.29, 1.82) is 0 Å². The van der Waals surface area contributed by atoms with Crippen LogP contribution in [0.25, 0.3) is 33.5 Å². The molecular weight excluding hydrogens is 168 g/mol. The number of hydrogen-bond acceptors (Lipinski definition) is 6. The summed E-state index contributed by atoms with van der Waals surface area (Å²) in [5.41, 5.74) is 2.99. The van der Waals surface area contributed by atoms with Crippen LogP contribution in [0, 0.1) is 0 Å². The highest BCUT2D eigenvalue weighted by Gasteiger charge is 2.30. The van der Waals surface area contributed by atoms with Gasteiger partial charge in [-0.2, -0.15) is 0 Å². The van der Waals surface area contributed by atoms with Gasteiger partial charge in [-0.1, -0.05) is 4.74 Å². The summed E-state index contributed by atoms with van der Waals surface area (Å²) < 4.78 is 28.0. The Balaban J connectivity index is 2.56. The van der Waals surface area contributed by atoms with Crippen molar-refractivity contribution in [2.75, 3.05) is 0 Å². The van der Waals surface area contributed by atoms with Crippen LogP contribution in [0.4, 0.5) is 0 Å². The maximum absolute atomic E-state index is 5.05. The highest BCUT2D eigenvalue weighted by Crippen LogP contribution is 2.42. The minimum atomic E-state index is 0.368. The summed E-state index contributed by atoms with van der Waals surface area (Å²) in [5, 5.41) is 0. The maximum atomic E-state index is 5.05. The Morgan fingerprint density at radius 1 is 0.500 bits per heavy atom. The van der Waals surface area contributed by atoms with Crippen molar-refractivity contribution >= 4 is 33.5 Å². The summed E-state index contributed by atoms with van der Waals surface area (Å²) in [5.74, 6) is 0. The van der Waals surface area contributed by atoms with Gasteiger partial charge in [0.2, 0.25) is 11.2 Å². The summed E-state index contributed by atoms with van der Waals surface area (Å²) >= 11 is 0. The Labute approximate surface area is 62.0 Å². The summed E-state index contributed by atoms with van der Waals surface area (Å²) in [7, 11) is 0. The first-order valence-electron chi connectivity index (χ1n) is 3.22. The van der Waals surface area contributed by atoms with Gasteiger partial charge in [-0.05, 0) is 0 Å². The highest BCUT2D eigenvalue weighted by atomic mass is 17.2. The molecule has 0 atom stereocenters. The van der Waals surface area contributed by atoms with E-state index in [9.17, 15) is 0 Å². The summed E-state index contributed by atoms with van der Waals surface area (Å²) in [6.07, 6.45) is 0. The van der Waals surface area contributed by atoms with Crippen LogP contribution in [0.5, 0.6) is 0 Å². The Morgan fingerprint density at radius 3 is 1.67 bits per heavy atom. The Bertz CT molecular complexity index is 660. The van der Waals surface area contributed by atoms with E-state index in [2.05, 4.69) is 23.0 Å². The van der Waals surface area contributed by atoms with Crippen LogP contribution in [0.3, 0.4) is 0 Å². The van der Waals surface area contributed by atoms with Crippen LogP contribution < -0.4 is 0 Å². The van der Waals surface area contributed by atoms with E-state index < -0.39 is 0 Å². The average Bonchev–Trinajstić information content (AvgIpc) is 2.59. The third-order valence-corrected chi connectivity index (χ3v) is 1.84. The largest absolute Gasteiger partial charge is 0.441 e. The standard InChI is InChI=1S/C6O6/c7-1-2(7)4-6(11-12-10-4)5-3(1)8-9-5. The lowest BCUT2D eigenvalue weighted by atomic mass is 10.3. The van der Waals surface area contributed by atoms with E-state index in [1.807, 2.05) is 0 Å². The molecule has 0 aliphatic rings. The van der Waals surface area contributed by atoms with E-state index in [1.54, 1.807) is 0 Å². The predicted molar refractivity (Wildman–Crippen MR) is 32.6 cm³/mol. The van der Waals surface area contributed by atoms with Gasteiger partial charge in [0.15, 0.2) is 0 Å². The lowest BCUT2D eigenvalue weighted by molar-refractivity contribution is -0.141. The zero-order chi connectivity index (χ0) is 7.71. The van der Waals surface area contributed by atoms with Gasteiger partial charge in [-0.3, -0.25) is 9.15 Å². The van der Waals surface area contributed by atoms with Crippen LogP contribution >= 0.6 is 0 Å². The molecule has 0 fully saturated rings. The summed E-state index contributed by atoms with van der Waals surface area (Å²) in [6.45, 7) is 0. The lowest BCUT2D eigenvalue weighted by Crippen LogP contribution is -1.73. The van der Waals surface area contributed by atoms with Gasteiger partial charge in [0.05, 0.1) is 0 Å². The first kappa shape index (κ1) is 4.81. The van der Waals surface area contributed by atoms with Crippen LogP contribution in [-0.2, 0) is 0 Å². The molecule has 4 rings (SSSR count). The number of benzene rings is 1. The summed E-state index contributed by atoms with van der Waals surface area (Å²) in [4.78, 5) is 0. The van der Waals surface area contributed by atoms with Gasteiger partial charge >= 0.3 is 0 Å². The Hall–Kier alpha value is -1.98. The molecule has 0 saturated carbocycles. The molecule has 0 aliphatic heterocycles. The van der Waals surface area contributed by atoms with Gasteiger partial charge in [0.25, 0.3) is 22.3 Å². The maximum Gasteiger partial charge on any atom is 0.285 e. The van der Waals surface area contributed by atoms with Crippen molar-refractivity contribution in [2.24, 2.45) is 0 Å². The SMILES string of the molecule is o1oc2c3ooc3c3oc3c2o1. The summed E-state index contributed by atoms with van der Waals surface area (Å²) in [6, 6.07) is 0. The molecule has 1 aromatic carbocycles. The third kappa shape index (κ3) is 0.322. The smallest absolute Gasteiger partial charge is 0.285 e. The van der Waals surface area contributed by atoms with E-state index in [0.717, 1.165) is 0 Å². The van der Waals surface area contributed by atoms with Gasteiger partial charge in [0.1, 0.15) is 0 Å². The third-order valence-electron chi connectivity index (χ3n) is 1.84. The first-order valence-corrected chi connectivity index (χ1v) is 3.22. The fourth-order valence-corrected chi connectivity index (χ4v) is 1.23. The Kier molecular flexibility index (Phi) is 0.480. The zero-order valence-corrected chi connectivity index (χ0v) is 5.45. The van der Waals surface area contributed by atoms with Gasteiger partial charge in [0, 0.05) is 0 Å². The fraction of sp³-hybridized carbons (Fsp3) is 0. The molecule has 60 valence electrons. The van der Waals surface area contributed by atoms with Gasteiger partial charge in [-0.25, -0.2) is 9.15 Å². The molecule has 0 radical (unpaired) electrons. The second-order valence-electron chi connectivity index (χ2n) is 2.48. The molecule has 0 N–H and O–H groups in total. The average molecular weight is 168 g/mol. The molecule has 6 nitrogen and oxygen atoms in total. The predicted octanol–water partition coefficient (Wildman–Crippen LogP) is 2.70. The van der Waals surface area contributed by atoms with E-state index in [1.165, 1.54) is 0 Å². The molecule has 4 aromatic rings. The van der Waals surface area contributed by atoms with Crippen LogP contribution in [0.15, 0.2) is 27.5 Å². The van der Waals surface area contributed by atoms with Crippen LogP contribution in [0.2, 0.25) is 0 Å². The minimum absolute atomic E-state index is 0.368. The molecule has 12 heavy (non-hydrogen) atoms. The number of fused-ring (bicyclic) bond motifs is 6. The van der Waals surface area contributed by atoms with Crippen molar-refractivity contribution in [3.8, 4) is 0 Å². The topological polar surface area (TPSA) is 78.8 Å². The van der Waals surface area contributed by atoms with Crippen molar-refractivity contribution in [2.45, 2.75) is 0 Å². The number of hydrogen-bond donors (Lipinski definition) is 0. The molecule has 0 saturated heterocycles. The van der Waals surface area contributed by atoms with Crippen molar-refractivity contribution in [1.82, 2.24) is 0 Å². The second-order valence-corrected chi connectivity index (χ2v) is 2.48. The van der Waals surface area contributed by atoms with Crippen molar-refractivity contribution < 1.29 is 27.5 Å². The van der Waals surface area contributed by atoms with Crippen molar-refractivity contribution in [3.63, 3.8) is 0 Å². The van der Waals surface area contributed by atoms with E-state index in [-0.39, 0.29) is 0 Å². The minimum Gasteiger partial charge on any atom is -0.441 e. The molecule has 0 unspecified atom stereocenters. The van der Waals surface area contributed by atoms with E-state index >= 15 is 0 Å². The lowest BCUT2D eigenvalue weighted by Gasteiger charge is -1.89.